The number of nitrogens with zero attached hydrogens (tertiary/aromatic N) is 1. The van der Waals surface area contributed by atoms with E-state index in [1.54, 1.807) is 6.26 Å². The Labute approximate surface area is 93.4 Å². The zero-order valence-electron chi connectivity index (χ0n) is 8.08. The van der Waals surface area contributed by atoms with Gasteiger partial charge in [0, 0.05) is 6.20 Å². The summed E-state index contributed by atoms with van der Waals surface area (Å²) < 4.78 is 26.1. The number of pyridine rings is 1. The van der Waals surface area contributed by atoms with E-state index in [4.69, 9.17) is 0 Å². The Hall–Kier alpha value is -1.50. The topological polar surface area (TPSA) is 59.1 Å². The van der Waals surface area contributed by atoms with Crippen molar-refractivity contribution in [1.82, 2.24) is 4.98 Å². The average Bonchev–Trinajstić information content (AvgIpc) is 2.26. The molecule has 1 aliphatic rings. The first-order valence-corrected chi connectivity index (χ1v) is 5.47. The van der Waals surface area contributed by atoms with Crippen molar-refractivity contribution in [2.75, 3.05) is 11.6 Å². The van der Waals surface area contributed by atoms with Gasteiger partial charge in [0.25, 0.3) is 0 Å². The Morgan fingerprint density at radius 1 is 1.44 bits per heavy atom. The number of Topliss-reactive ketones (excluding diaryl/α,β-unsaturated/α-hetero) is 1. The molecule has 84 valence electrons. The molecule has 0 aliphatic carbocycles. The highest BCUT2D eigenvalue weighted by molar-refractivity contribution is 7.98. The maximum absolute atomic E-state index is 13.1. The molecule has 1 amide bonds. The van der Waals surface area contributed by atoms with Gasteiger partial charge in [0.15, 0.2) is 0 Å². The minimum atomic E-state index is -4.00. The summed E-state index contributed by atoms with van der Waals surface area (Å²) in [6, 6.07) is 1.39. The van der Waals surface area contributed by atoms with E-state index in [2.05, 4.69) is 4.98 Å². The minimum Gasteiger partial charge on any atom is -0.320 e. The van der Waals surface area contributed by atoms with Crippen LogP contribution in [0.5, 0.6) is 0 Å². The number of thioether (sulfide) groups is 1. The molecule has 1 N–H and O–H groups in total. The standard InChI is InChI=1S/C9H6F2N2O2S/c1-16-6-2-5-4(3-12-6)7(14)9(10,11)8(15)13-5/h2-3H,1H3,(H,13,15). The summed E-state index contributed by atoms with van der Waals surface area (Å²) in [4.78, 5) is 26.1. The molecule has 0 spiro atoms. The van der Waals surface area contributed by atoms with Crippen LogP contribution < -0.4 is 5.32 Å². The van der Waals surface area contributed by atoms with Crippen molar-refractivity contribution in [3.63, 3.8) is 0 Å². The van der Waals surface area contributed by atoms with E-state index in [1.165, 1.54) is 17.8 Å². The number of fused-ring (bicyclic) bond motifs is 1. The molecule has 2 rings (SSSR count). The second-order valence-electron chi connectivity index (χ2n) is 3.13. The molecule has 0 aromatic carbocycles. The second-order valence-corrected chi connectivity index (χ2v) is 3.96. The molecular formula is C9H6F2N2O2S. The van der Waals surface area contributed by atoms with Gasteiger partial charge in [-0.05, 0) is 12.3 Å². The summed E-state index contributed by atoms with van der Waals surface area (Å²) in [5.74, 6) is -7.11. The number of rotatable bonds is 1. The lowest BCUT2D eigenvalue weighted by Crippen LogP contribution is -2.46. The van der Waals surface area contributed by atoms with E-state index >= 15 is 0 Å². The fraction of sp³-hybridized carbons (Fsp3) is 0.222. The number of anilines is 1. The summed E-state index contributed by atoms with van der Waals surface area (Å²) in [5, 5.41) is 2.53. The summed E-state index contributed by atoms with van der Waals surface area (Å²) >= 11 is 1.28. The molecule has 1 aromatic rings. The third-order valence-electron chi connectivity index (χ3n) is 2.15. The Morgan fingerprint density at radius 2 is 2.12 bits per heavy atom. The van der Waals surface area contributed by atoms with E-state index in [9.17, 15) is 18.4 Å². The normalized spacial score (nSPS) is 17.9. The maximum Gasteiger partial charge on any atom is 0.386 e. The zero-order chi connectivity index (χ0) is 11.9. The van der Waals surface area contributed by atoms with Gasteiger partial charge in [-0.15, -0.1) is 11.8 Å². The van der Waals surface area contributed by atoms with Gasteiger partial charge in [0.1, 0.15) is 0 Å². The van der Waals surface area contributed by atoms with Crippen molar-refractivity contribution in [3.05, 3.63) is 17.8 Å². The number of ketones is 1. The smallest absolute Gasteiger partial charge is 0.320 e. The van der Waals surface area contributed by atoms with Crippen LogP contribution in [0.15, 0.2) is 17.3 Å². The Bertz CT molecular complexity index is 490. The Balaban J connectivity index is 2.55. The third kappa shape index (κ3) is 1.47. The lowest BCUT2D eigenvalue weighted by molar-refractivity contribution is -0.134. The second kappa shape index (κ2) is 3.51. The largest absolute Gasteiger partial charge is 0.386 e. The van der Waals surface area contributed by atoms with Crippen LogP contribution in [0.4, 0.5) is 14.5 Å². The minimum absolute atomic E-state index is 0.0836. The van der Waals surface area contributed by atoms with Gasteiger partial charge in [0.05, 0.1) is 16.3 Å². The Kier molecular flexibility index (Phi) is 2.42. The third-order valence-corrected chi connectivity index (χ3v) is 2.79. The van der Waals surface area contributed by atoms with Gasteiger partial charge in [-0.2, -0.15) is 8.78 Å². The quantitative estimate of drug-likeness (QED) is 0.601. The van der Waals surface area contributed by atoms with E-state index in [0.717, 1.165) is 6.20 Å². The molecular weight excluding hydrogens is 238 g/mol. The molecule has 0 fully saturated rings. The van der Waals surface area contributed by atoms with Gasteiger partial charge >= 0.3 is 11.8 Å². The average molecular weight is 244 g/mol. The molecule has 1 aliphatic heterocycles. The van der Waals surface area contributed by atoms with E-state index < -0.39 is 17.6 Å². The number of carbonyl (C=O) groups excluding carboxylic acids is 2. The van der Waals surface area contributed by atoms with Crippen molar-refractivity contribution in [2.24, 2.45) is 0 Å². The number of hydrogen-bond acceptors (Lipinski definition) is 4. The summed E-state index contributed by atoms with van der Waals surface area (Å²) in [6.45, 7) is 0. The molecule has 0 unspecified atom stereocenters. The summed E-state index contributed by atoms with van der Waals surface area (Å²) in [7, 11) is 0. The zero-order valence-corrected chi connectivity index (χ0v) is 8.90. The van der Waals surface area contributed by atoms with Crippen LogP contribution in [-0.4, -0.2) is 28.9 Å². The lowest BCUT2D eigenvalue weighted by Gasteiger charge is -2.22. The highest BCUT2D eigenvalue weighted by Gasteiger charge is 2.51. The number of halogens is 2. The monoisotopic (exact) mass is 244 g/mol. The molecule has 0 saturated carbocycles. The number of hydrogen-bond donors (Lipinski definition) is 1. The fourth-order valence-corrected chi connectivity index (χ4v) is 1.70. The van der Waals surface area contributed by atoms with Gasteiger partial charge in [-0.1, -0.05) is 0 Å². The van der Waals surface area contributed by atoms with E-state index in [0.29, 0.717) is 5.03 Å². The molecule has 16 heavy (non-hydrogen) atoms. The molecule has 0 radical (unpaired) electrons. The van der Waals surface area contributed by atoms with Crippen molar-refractivity contribution >= 4 is 29.1 Å². The Morgan fingerprint density at radius 3 is 2.75 bits per heavy atom. The molecule has 0 atom stereocenters. The van der Waals surface area contributed by atoms with Crippen molar-refractivity contribution in [2.45, 2.75) is 10.9 Å². The highest BCUT2D eigenvalue weighted by Crippen LogP contribution is 2.32. The van der Waals surface area contributed by atoms with Crippen molar-refractivity contribution < 1.29 is 18.4 Å². The fourth-order valence-electron chi connectivity index (χ4n) is 1.31. The predicted octanol–water partition coefficient (Wildman–Crippen LogP) is 1.57. The lowest BCUT2D eigenvalue weighted by atomic mass is 10.0. The number of alkyl halides is 2. The van der Waals surface area contributed by atoms with Crippen LogP contribution in [0.25, 0.3) is 0 Å². The van der Waals surface area contributed by atoms with Crippen LogP contribution in [-0.2, 0) is 4.79 Å². The number of amides is 1. The first kappa shape index (κ1) is 11.0. The molecule has 7 heteroatoms. The van der Waals surface area contributed by atoms with Gasteiger partial charge < -0.3 is 5.32 Å². The van der Waals surface area contributed by atoms with Crippen LogP contribution >= 0.6 is 11.8 Å². The van der Waals surface area contributed by atoms with Gasteiger partial charge in [0.2, 0.25) is 5.78 Å². The SMILES string of the molecule is CSc1cc2c(cn1)C(=O)C(F)(F)C(=O)N2. The first-order chi connectivity index (χ1) is 7.46. The van der Waals surface area contributed by atoms with Crippen LogP contribution in [0.2, 0.25) is 0 Å². The van der Waals surface area contributed by atoms with Crippen molar-refractivity contribution in [3.8, 4) is 0 Å². The number of carbonyl (C=O) groups is 2. The van der Waals surface area contributed by atoms with Crippen molar-refractivity contribution in [1.29, 1.82) is 0 Å². The number of aromatic nitrogens is 1. The van der Waals surface area contributed by atoms with Gasteiger partial charge in [-0.3, -0.25) is 9.59 Å². The van der Waals surface area contributed by atoms with Gasteiger partial charge in [-0.25, -0.2) is 4.98 Å². The molecule has 0 saturated heterocycles. The molecule has 4 nitrogen and oxygen atoms in total. The highest BCUT2D eigenvalue weighted by atomic mass is 32.2. The first-order valence-electron chi connectivity index (χ1n) is 4.25. The summed E-state index contributed by atoms with van der Waals surface area (Å²) in [6.07, 6.45) is 2.80. The van der Waals surface area contributed by atoms with Crippen LogP contribution in [0.1, 0.15) is 10.4 Å². The summed E-state index contributed by atoms with van der Waals surface area (Å²) in [5.41, 5.74) is -0.178. The van der Waals surface area contributed by atoms with Crippen LogP contribution in [0, 0.1) is 0 Å². The maximum atomic E-state index is 13.1. The van der Waals surface area contributed by atoms with E-state index in [-0.39, 0.29) is 11.3 Å². The molecule has 1 aromatic heterocycles. The van der Waals surface area contributed by atoms with Crippen LogP contribution in [0.3, 0.4) is 0 Å². The van der Waals surface area contributed by atoms with E-state index in [1.807, 2.05) is 5.32 Å². The molecule has 2 heterocycles. The predicted molar refractivity (Wildman–Crippen MR) is 53.9 cm³/mol. The molecule has 0 bridgehead atoms. The number of nitrogens with one attached hydrogen (secondary N) is 1.